The number of thioether (sulfide) groups is 1. The van der Waals surface area contributed by atoms with Crippen molar-refractivity contribution in [3.63, 3.8) is 0 Å². The molecule has 1 N–H and O–H groups in total. The molecule has 0 amide bonds. The zero-order chi connectivity index (χ0) is 21.1. The fraction of sp³-hybridized carbons (Fsp3) is 0.333. The van der Waals surface area contributed by atoms with E-state index in [0.717, 1.165) is 21.6 Å². The lowest BCUT2D eigenvalue weighted by Crippen LogP contribution is -2.13. The predicted octanol–water partition coefficient (Wildman–Crippen LogP) is 4.57. The molecule has 6 nitrogen and oxygen atoms in total. The van der Waals surface area contributed by atoms with Crippen molar-refractivity contribution in [1.82, 2.24) is 14.5 Å². The third kappa shape index (κ3) is 4.44. The largest absolute Gasteiger partial charge is 0.506 e. The van der Waals surface area contributed by atoms with E-state index in [-0.39, 0.29) is 18.3 Å². The van der Waals surface area contributed by atoms with Gasteiger partial charge in [-0.2, -0.15) is 0 Å². The van der Waals surface area contributed by atoms with Crippen LogP contribution >= 0.6 is 27.7 Å². The number of hydrogen-bond donors (Lipinski definition) is 1. The van der Waals surface area contributed by atoms with Gasteiger partial charge in [0, 0.05) is 42.2 Å². The first-order chi connectivity index (χ1) is 13.8. The lowest BCUT2D eigenvalue weighted by Gasteiger charge is -2.15. The molecule has 1 aromatic carbocycles. The van der Waals surface area contributed by atoms with Crippen molar-refractivity contribution in [1.29, 1.82) is 0 Å². The maximum Gasteiger partial charge on any atom is 0.340 e. The number of ether oxygens (including phenoxy) is 1. The van der Waals surface area contributed by atoms with Gasteiger partial charge in [0.25, 0.3) is 0 Å². The summed E-state index contributed by atoms with van der Waals surface area (Å²) in [5.41, 5.74) is 2.91. The molecule has 0 saturated heterocycles. The molecule has 0 aliphatic carbocycles. The van der Waals surface area contributed by atoms with Gasteiger partial charge in [-0.05, 0) is 55.1 Å². The molecule has 3 rings (SSSR count). The van der Waals surface area contributed by atoms with Crippen LogP contribution in [0.5, 0.6) is 5.75 Å². The van der Waals surface area contributed by atoms with E-state index in [1.54, 1.807) is 24.9 Å². The van der Waals surface area contributed by atoms with Gasteiger partial charge in [-0.25, -0.2) is 9.78 Å². The molecule has 2 heterocycles. The van der Waals surface area contributed by atoms with Crippen LogP contribution in [0.3, 0.4) is 0 Å². The second kappa shape index (κ2) is 9.19. The van der Waals surface area contributed by atoms with Crippen molar-refractivity contribution in [2.75, 3.05) is 20.7 Å². The molecule has 0 bridgehead atoms. The van der Waals surface area contributed by atoms with Crippen molar-refractivity contribution in [2.24, 2.45) is 7.05 Å². The topological polar surface area (TPSA) is 67.6 Å². The van der Waals surface area contributed by atoms with Crippen LogP contribution in [0.2, 0.25) is 0 Å². The summed E-state index contributed by atoms with van der Waals surface area (Å²) in [7, 11) is 5.79. The van der Waals surface area contributed by atoms with Crippen LogP contribution in [-0.4, -0.2) is 46.2 Å². The highest BCUT2D eigenvalue weighted by Crippen LogP contribution is 2.40. The Labute approximate surface area is 183 Å². The second-order valence-electron chi connectivity index (χ2n) is 6.88. The lowest BCUT2D eigenvalue weighted by atomic mass is 10.0. The van der Waals surface area contributed by atoms with Gasteiger partial charge in [-0.1, -0.05) is 6.07 Å². The normalized spacial score (nSPS) is 11.4. The van der Waals surface area contributed by atoms with Crippen molar-refractivity contribution in [3.8, 4) is 5.75 Å². The molecule has 0 saturated carbocycles. The Hall–Kier alpha value is -2.03. The number of hydrogen-bond acceptors (Lipinski definition) is 6. The fourth-order valence-electron chi connectivity index (χ4n) is 3.32. The van der Waals surface area contributed by atoms with E-state index in [4.69, 9.17) is 4.74 Å². The number of pyridine rings is 1. The summed E-state index contributed by atoms with van der Waals surface area (Å²) in [5, 5.41) is 12.4. The van der Waals surface area contributed by atoms with Crippen LogP contribution in [0.15, 0.2) is 40.0 Å². The number of halogens is 1. The number of esters is 1. The summed E-state index contributed by atoms with van der Waals surface area (Å²) in [6.07, 6.45) is 1.75. The molecule has 0 radical (unpaired) electrons. The standard InChI is InChI=1S/C21H24BrN3O3S/c1-5-28-21(27)19-16(12-29-17-8-6-7-9-23-17)25(4)15-10-14(22)20(26)13(18(15)19)11-24(2)3/h6-10,26H,5,11-12H2,1-4H3. The molecule has 0 atom stereocenters. The summed E-state index contributed by atoms with van der Waals surface area (Å²) in [6.45, 7) is 2.57. The molecule has 154 valence electrons. The Morgan fingerprint density at radius 3 is 2.76 bits per heavy atom. The Morgan fingerprint density at radius 2 is 2.14 bits per heavy atom. The Balaban J connectivity index is 2.22. The number of rotatable bonds is 7. The molecule has 0 spiro atoms. The van der Waals surface area contributed by atoms with E-state index in [9.17, 15) is 9.90 Å². The van der Waals surface area contributed by atoms with Crippen molar-refractivity contribution < 1.29 is 14.6 Å². The maximum absolute atomic E-state index is 13.0. The monoisotopic (exact) mass is 477 g/mol. The Morgan fingerprint density at radius 1 is 1.38 bits per heavy atom. The maximum atomic E-state index is 13.0. The average molecular weight is 478 g/mol. The molecule has 2 aromatic heterocycles. The van der Waals surface area contributed by atoms with Gasteiger partial charge in [0.2, 0.25) is 0 Å². The van der Waals surface area contributed by atoms with Crippen LogP contribution in [-0.2, 0) is 24.1 Å². The van der Waals surface area contributed by atoms with E-state index >= 15 is 0 Å². The number of aryl methyl sites for hydroxylation is 1. The molecule has 0 aliphatic heterocycles. The third-order valence-electron chi connectivity index (χ3n) is 4.59. The lowest BCUT2D eigenvalue weighted by molar-refractivity contribution is 0.0527. The van der Waals surface area contributed by atoms with Crippen molar-refractivity contribution in [3.05, 3.63) is 51.8 Å². The van der Waals surface area contributed by atoms with E-state index < -0.39 is 0 Å². The summed E-state index contributed by atoms with van der Waals surface area (Å²) in [6, 6.07) is 7.60. The number of carbonyl (C=O) groups excluding carboxylic acids is 1. The van der Waals surface area contributed by atoms with Crippen LogP contribution in [0.4, 0.5) is 0 Å². The van der Waals surface area contributed by atoms with Crippen molar-refractivity contribution in [2.45, 2.75) is 24.2 Å². The first kappa shape index (κ1) is 21.7. The first-order valence-corrected chi connectivity index (χ1v) is 11.0. The van der Waals surface area contributed by atoms with Crippen molar-refractivity contribution >= 4 is 44.6 Å². The van der Waals surface area contributed by atoms with Gasteiger partial charge in [-0.3, -0.25) is 0 Å². The van der Waals surface area contributed by atoms with Gasteiger partial charge >= 0.3 is 5.97 Å². The van der Waals surface area contributed by atoms with Gasteiger partial charge in [-0.15, -0.1) is 11.8 Å². The minimum absolute atomic E-state index is 0.145. The zero-order valence-corrected chi connectivity index (χ0v) is 19.3. The highest BCUT2D eigenvalue weighted by Gasteiger charge is 2.27. The van der Waals surface area contributed by atoms with Gasteiger partial charge < -0.3 is 19.3 Å². The molecule has 3 aromatic rings. The smallest absolute Gasteiger partial charge is 0.340 e. The van der Waals surface area contributed by atoms with Gasteiger partial charge in [0.1, 0.15) is 5.75 Å². The third-order valence-corrected chi connectivity index (χ3v) is 6.15. The first-order valence-electron chi connectivity index (χ1n) is 9.22. The van der Waals surface area contributed by atoms with Gasteiger partial charge in [0.05, 0.1) is 27.2 Å². The SMILES string of the molecule is CCOC(=O)c1c(CSc2ccccn2)n(C)c2cc(Br)c(O)c(CN(C)C)c12. The van der Waals surface area contributed by atoms with E-state index in [1.807, 2.05) is 54.9 Å². The summed E-state index contributed by atoms with van der Waals surface area (Å²) < 4.78 is 7.99. The van der Waals surface area contributed by atoms with E-state index in [2.05, 4.69) is 20.9 Å². The number of phenolic OH excluding ortho intramolecular Hbond substituents is 1. The molecule has 0 fully saturated rings. The molecule has 29 heavy (non-hydrogen) atoms. The van der Waals surface area contributed by atoms with Crippen LogP contribution < -0.4 is 0 Å². The van der Waals surface area contributed by atoms with Crippen LogP contribution in [0.25, 0.3) is 10.9 Å². The predicted molar refractivity (Wildman–Crippen MR) is 119 cm³/mol. The second-order valence-corrected chi connectivity index (χ2v) is 8.73. The van der Waals surface area contributed by atoms with Crippen LogP contribution in [0, 0.1) is 0 Å². The van der Waals surface area contributed by atoms with E-state index in [0.29, 0.717) is 27.9 Å². The fourth-order valence-corrected chi connectivity index (χ4v) is 4.70. The highest BCUT2D eigenvalue weighted by molar-refractivity contribution is 9.10. The van der Waals surface area contributed by atoms with E-state index in [1.165, 1.54) is 0 Å². The summed E-state index contributed by atoms with van der Waals surface area (Å²) >= 11 is 5.01. The molecule has 0 aliphatic rings. The number of aromatic nitrogens is 2. The highest BCUT2D eigenvalue weighted by atomic mass is 79.9. The minimum atomic E-state index is -0.378. The Bertz CT molecular complexity index is 1040. The Kier molecular flexibility index (Phi) is 6.87. The molecular weight excluding hydrogens is 454 g/mol. The summed E-state index contributed by atoms with van der Waals surface area (Å²) in [5.74, 6) is 0.318. The van der Waals surface area contributed by atoms with Crippen LogP contribution in [0.1, 0.15) is 28.5 Å². The molecular formula is C21H24BrN3O3S. The zero-order valence-electron chi connectivity index (χ0n) is 16.9. The quantitative estimate of drug-likeness (QED) is 0.397. The minimum Gasteiger partial charge on any atom is -0.506 e. The number of nitrogens with zero attached hydrogens (tertiary/aromatic N) is 3. The number of aromatic hydroxyl groups is 1. The van der Waals surface area contributed by atoms with Gasteiger partial charge in [0.15, 0.2) is 0 Å². The number of fused-ring (bicyclic) bond motifs is 1. The molecule has 8 heteroatoms. The summed E-state index contributed by atoms with van der Waals surface area (Å²) in [4.78, 5) is 19.3. The number of phenols is 1. The average Bonchev–Trinajstić information content (AvgIpc) is 2.96. The molecule has 0 unspecified atom stereocenters. The number of benzene rings is 1. The number of carbonyl (C=O) groups is 1.